The molecule has 8 heteroatoms. The van der Waals surface area contributed by atoms with Crippen molar-refractivity contribution in [1.82, 2.24) is 0 Å². The van der Waals surface area contributed by atoms with Crippen molar-refractivity contribution in [3.63, 3.8) is 0 Å². The van der Waals surface area contributed by atoms with Crippen molar-refractivity contribution in [2.24, 2.45) is 0 Å². The standard InChI is InChI=1S/C25H22N2O6/c1-16(28)17-7-9-18(10-8-17)21-11-12-22(33-21)25(31)32-15-23(29)26-19-4-2-5-20(14-19)27-13-3-6-24(27)30/h2,4-5,7-12,14H,3,6,13,15H2,1H3,(H,26,29). The van der Waals surface area contributed by atoms with Gasteiger partial charge in [0.1, 0.15) is 5.76 Å². The van der Waals surface area contributed by atoms with Crippen LogP contribution >= 0.6 is 0 Å². The van der Waals surface area contributed by atoms with Gasteiger partial charge in [0, 0.05) is 35.5 Å². The lowest BCUT2D eigenvalue weighted by atomic mass is 10.1. The molecule has 0 unspecified atom stereocenters. The fourth-order valence-corrected chi connectivity index (χ4v) is 3.54. The quantitative estimate of drug-likeness (QED) is 0.433. The molecule has 1 aliphatic heterocycles. The summed E-state index contributed by atoms with van der Waals surface area (Å²) in [4.78, 5) is 49.5. The monoisotopic (exact) mass is 446 g/mol. The number of ketones is 1. The molecule has 0 bridgehead atoms. The molecule has 4 rings (SSSR count). The molecule has 0 aliphatic carbocycles. The van der Waals surface area contributed by atoms with Crippen LogP contribution in [0.1, 0.15) is 40.7 Å². The summed E-state index contributed by atoms with van der Waals surface area (Å²) in [6.07, 6.45) is 1.33. The van der Waals surface area contributed by atoms with Gasteiger partial charge in [-0.1, -0.05) is 30.3 Å². The van der Waals surface area contributed by atoms with Crippen molar-refractivity contribution in [3.8, 4) is 11.3 Å². The Bertz CT molecular complexity index is 1210. The molecule has 0 radical (unpaired) electrons. The summed E-state index contributed by atoms with van der Waals surface area (Å²) in [6.45, 7) is 1.65. The fraction of sp³-hybridized carbons (Fsp3) is 0.200. The van der Waals surface area contributed by atoms with Crippen molar-refractivity contribution < 1.29 is 28.3 Å². The van der Waals surface area contributed by atoms with E-state index in [4.69, 9.17) is 9.15 Å². The van der Waals surface area contributed by atoms with Gasteiger partial charge < -0.3 is 19.4 Å². The Hall–Kier alpha value is -4.20. The van der Waals surface area contributed by atoms with Crippen LogP contribution in [0.5, 0.6) is 0 Å². The topological polar surface area (TPSA) is 106 Å². The van der Waals surface area contributed by atoms with Crippen molar-refractivity contribution in [3.05, 3.63) is 72.0 Å². The number of rotatable bonds is 7. The zero-order chi connectivity index (χ0) is 23.4. The zero-order valence-corrected chi connectivity index (χ0v) is 18.0. The van der Waals surface area contributed by atoms with E-state index in [-0.39, 0.29) is 17.5 Å². The number of hydrogen-bond donors (Lipinski definition) is 1. The molecular weight excluding hydrogens is 424 g/mol. The van der Waals surface area contributed by atoms with Gasteiger partial charge in [-0.3, -0.25) is 14.4 Å². The largest absolute Gasteiger partial charge is 0.450 e. The van der Waals surface area contributed by atoms with Gasteiger partial charge in [0.2, 0.25) is 11.7 Å². The number of benzene rings is 2. The molecule has 2 aromatic carbocycles. The fourth-order valence-electron chi connectivity index (χ4n) is 3.54. The number of esters is 1. The zero-order valence-electron chi connectivity index (χ0n) is 18.0. The first kappa shape index (κ1) is 22.0. The lowest BCUT2D eigenvalue weighted by Crippen LogP contribution is -2.24. The number of anilines is 2. The molecule has 33 heavy (non-hydrogen) atoms. The minimum absolute atomic E-state index is 0.0389. The third kappa shape index (κ3) is 5.17. The second-order valence-electron chi connectivity index (χ2n) is 7.62. The number of furan rings is 1. The highest BCUT2D eigenvalue weighted by Crippen LogP contribution is 2.25. The van der Waals surface area contributed by atoms with Crippen molar-refractivity contribution in [1.29, 1.82) is 0 Å². The van der Waals surface area contributed by atoms with Crippen LogP contribution in [0, 0.1) is 0 Å². The molecule has 1 fully saturated rings. The second kappa shape index (κ2) is 9.52. The van der Waals surface area contributed by atoms with E-state index in [9.17, 15) is 19.2 Å². The lowest BCUT2D eigenvalue weighted by Gasteiger charge is -2.16. The maximum absolute atomic E-state index is 12.3. The first-order valence-electron chi connectivity index (χ1n) is 10.5. The van der Waals surface area contributed by atoms with Crippen LogP contribution in [0.25, 0.3) is 11.3 Å². The van der Waals surface area contributed by atoms with Gasteiger partial charge in [0.15, 0.2) is 12.4 Å². The van der Waals surface area contributed by atoms with Gasteiger partial charge in [-0.15, -0.1) is 0 Å². The first-order valence-corrected chi connectivity index (χ1v) is 10.5. The predicted molar refractivity (Wildman–Crippen MR) is 121 cm³/mol. The molecule has 1 aromatic heterocycles. The van der Waals surface area contributed by atoms with E-state index in [1.54, 1.807) is 59.5 Å². The molecule has 3 aromatic rings. The molecule has 0 atom stereocenters. The number of carbonyl (C=O) groups is 4. The van der Waals surface area contributed by atoms with Crippen LogP contribution in [-0.4, -0.2) is 36.7 Å². The van der Waals surface area contributed by atoms with E-state index in [2.05, 4.69) is 5.32 Å². The summed E-state index contributed by atoms with van der Waals surface area (Å²) < 4.78 is 10.6. The van der Waals surface area contributed by atoms with E-state index in [0.717, 1.165) is 6.42 Å². The average molecular weight is 446 g/mol. The molecule has 0 spiro atoms. The number of hydrogen-bond acceptors (Lipinski definition) is 6. The van der Waals surface area contributed by atoms with Crippen molar-refractivity contribution in [2.75, 3.05) is 23.4 Å². The van der Waals surface area contributed by atoms with E-state index < -0.39 is 18.5 Å². The summed E-state index contributed by atoms with van der Waals surface area (Å²) >= 11 is 0. The highest BCUT2D eigenvalue weighted by atomic mass is 16.5. The maximum Gasteiger partial charge on any atom is 0.374 e. The van der Waals surface area contributed by atoms with Gasteiger partial charge in [0.25, 0.3) is 5.91 Å². The molecule has 2 heterocycles. The first-order chi connectivity index (χ1) is 15.9. The molecule has 2 amide bonds. The third-order valence-corrected chi connectivity index (χ3v) is 5.23. The highest BCUT2D eigenvalue weighted by Gasteiger charge is 2.22. The second-order valence-corrected chi connectivity index (χ2v) is 7.62. The SMILES string of the molecule is CC(=O)c1ccc(-c2ccc(C(=O)OCC(=O)Nc3cccc(N4CCCC4=O)c3)o2)cc1. The summed E-state index contributed by atoms with van der Waals surface area (Å²) in [5.74, 6) is -0.870. The molecule has 1 aliphatic rings. The molecule has 8 nitrogen and oxygen atoms in total. The maximum atomic E-state index is 12.3. The Balaban J connectivity index is 1.32. The predicted octanol–water partition coefficient (Wildman–Crippen LogP) is 4.07. The summed E-state index contributed by atoms with van der Waals surface area (Å²) in [5.41, 5.74) is 2.50. The van der Waals surface area contributed by atoms with Gasteiger partial charge in [-0.05, 0) is 43.7 Å². The number of ether oxygens (including phenoxy) is 1. The van der Waals surface area contributed by atoms with Crippen LogP contribution in [-0.2, 0) is 14.3 Å². The number of Topliss-reactive ketones (excluding diaryl/α,β-unsaturated/α-hetero) is 1. The summed E-state index contributed by atoms with van der Waals surface area (Å²) in [7, 11) is 0. The Morgan fingerprint density at radius 3 is 2.55 bits per heavy atom. The Labute approximate surface area is 190 Å². The van der Waals surface area contributed by atoms with E-state index >= 15 is 0 Å². The molecule has 168 valence electrons. The third-order valence-electron chi connectivity index (χ3n) is 5.23. The van der Waals surface area contributed by atoms with Gasteiger partial charge >= 0.3 is 5.97 Å². The summed E-state index contributed by atoms with van der Waals surface area (Å²) in [6, 6.07) is 16.8. The minimum Gasteiger partial charge on any atom is -0.450 e. The lowest BCUT2D eigenvalue weighted by molar-refractivity contribution is -0.119. The Morgan fingerprint density at radius 1 is 1.06 bits per heavy atom. The van der Waals surface area contributed by atoms with Crippen LogP contribution < -0.4 is 10.2 Å². The van der Waals surface area contributed by atoms with E-state index in [1.807, 2.05) is 0 Å². The average Bonchev–Trinajstić information content (AvgIpc) is 3.47. The van der Waals surface area contributed by atoms with Crippen LogP contribution in [0.15, 0.2) is 65.1 Å². The van der Waals surface area contributed by atoms with Gasteiger partial charge in [0.05, 0.1) is 0 Å². The highest BCUT2D eigenvalue weighted by molar-refractivity contribution is 5.98. The van der Waals surface area contributed by atoms with E-state index in [0.29, 0.717) is 41.2 Å². The van der Waals surface area contributed by atoms with Crippen LogP contribution in [0.4, 0.5) is 11.4 Å². The van der Waals surface area contributed by atoms with Crippen LogP contribution in [0.3, 0.4) is 0 Å². The molecule has 1 N–H and O–H groups in total. The number of carbonyl (C=O) groups excluding carboxylic acids is 4. The van der Waals surface area contributed by atoms with Crippen molar-refractivity contribution >= 4 is 34.9 Å². The summed E-state index contributed by atoms with van der Waals surface area (Å²) in [5, 5.41) is 2.66. The van der Waals surface area contributed by atoms with Crippen molar-refractivity contribution in [2.45, 2.75) is 19.8 Å². The number of amides is 2. The van der Waals surface area contributed by atoms with Crippen LogP contribution in [0.2, 0.25) is 0 Å². The molecule has 0 saturated carbocycles. The minimum atomic E-state index is -0.770. The Kier molecular flexibility index (Phi) is 6.35. The van der Waals surface area contributed by atoms with Gasteiger partial charge in [-0.25, -0.2) is 4.79 Å². The van der Waals surface area contributed by atoms with Gasteiger partial charge in [-0.2, -0.15) is 0 Å². The normalized spacial score (nSPS) is 13.1. The number of nitrogens with zero attached hydrogens (tertiary/aromatic N) is 1. The van der Waals surface area contributed by atoms with E-state index in [1.165, 1.54) is 13.0 Å². The molecule has 1 saturated heterocycles. The molecular formula is C25H22N2O6. The smallest absolute Gasteiger partial charge is 0.374 e. The Morgan fingerprint density at radius 2 is 1.85 bits per heavy atom. The number of nitrogens with one attached hydrogen (secondary N) is 1.